The number of rotatable bonds is 2. The maximum Gasteiger partial charge on any atom is 0.101 e. The van der Waals surface area contributed by atoms with Gasteiger partial charge in [-0.15, -0.1) is 0 Å². The summed E-state index contributed by atoms with van der Waals surface area (Å²) in [5, 5.41) is 18.4. The first-order valence-electron chi connectivity index (χ1n) is 5.32. The van der Waals surface area contributed by atoms with Gasteiger partial charge in [0.2, 0.25) is 0 Å². The molecule has 0 unspecified atom stereocenters. The zero-order valence-electron chi connectivity index (χ0n) is 9.72. The SMILES string of the molecule is N#Cc1cc(Cl)c(Sc2ccccc2N)cc1C#N. The van der Waals surface area contributed by atoms with E-state index in [2.05, 4.69) is 0 Å². The van der Waals surface area contributed by atoms with Gasteiger partial charge in [-0.2, -0.15) is 10.5 Å². The average Bonchev–Trinajstić information content (AvgIpc) is 2.42. The Morgan fingerprint density at radius 1 is 1.00 bits per heavy atom. The molecule has 92 valence electrons. The van der Waals surface area contributed by atoms with Gasteiger partial charge in [0.05, 0.1) is 16.1 Å². The number of nitriles is 2. The first-order valence-corrected chi connectivity index (χ1v) is 6.51. The van der Waals surface area contributed by atoms with Crippen LogP contribution in [0.3, 0.4) is 0 Å². The predicted molar refractivity (Wildman–Crippen MR) is 75.9 cm³/mol. The lowest BCUT2D eigenvalue weighted by atomic mass is 10.1. The molecule has 0 aromatic heterocycles. The molecule has 0 aliphatic rings. The fourth-order valence-electron chi connectivity index (χ4n) is 1.51. The number of benzene rings is 2. The highest BCUT2D eigenvalue weighted by atomic mass is 35.5. The Balaban J connectivity index is 2.45. The summed E-state index contributed by atoms with van der Waals surface area (Å²) in [5.41, 5.74) is 7.09. The number of hydrogen-bond donors (Lipinski definition) is 1. The number of nitrogens with two attached hydrogens (primary N) is 1. The molecule has 0 atom stereocenters. The summed E-state index contributed by atoms with van der Waals surface area (Å²) in [6.45, 7) is 0. The third kappa shape index (κ3) is 2.82. The van der Waals surface area contributed by atoms with Crippen LogP contribution in [0.2, 0.25) is 5.02 Å². The number of anilines is 1. The zero-order valence-corrected chi connectivity index (χ0v) is 11.3. The third-order valence-corrected chi connectivity index (χ3v) is 4.03. The van der Waals surface area contributed by atoms with E-state index >= 15 is 0 Å². The van der Waals surface area contributed by atoms with E-state index < -0.39 is 0 Å². The molecule has 3 nitrogen and oxygen atoms in total. The molecule has 0 heterocycles. The Labute approximate surface area is 120 Å². The molecule has 0 aliphatic heterocycles. The molecule has 0 saturated carbocycles. The van der Waals surface area contributed by atoms with Crippen molar-refractivity contribution in [2.75, 3.05) is 5.73 Å². The van der Waals surface area contributed by atoms with Crippen molar-refractivity contribution >= 4 is 29.1 Å². The molecule has 0 bridgehead atoms. The molecule has 2 aromatic carbocycles. The highest BCUT2D eigenvalue weighted by Gasteiger charge is 2.10. The van der Waals surface area contributed by atoms with Crippen molar-refractivity contribution in [1.82, 2.24) is 0 Å². The highest BCUT2D eigenvalue weighted by Crippen LogP contribution is 2.37. The summed E-state index contributed by atoms with van der Waals surface area (Å²) >= 11 is 7.49. The third-order valence-electron chi connectivity index (χ3n) is 2.45. The number of nitrogens with zero attached hydrogens (tertiary/aromatic N) is 2. The Morgan fingerprint density at radius 2 is 1.63 bits per heavy atom. The fourth-order valence-corrected chi connectivity index (χ4v) is 2.69. The minimum absolute atomic E-state index is 0.276. The molecule has 0 radical (unpaired) electrons. The summed E-state index contributed by atoms with van der Waals surface area (Å²) in [7, 11) is 0. The second-order valence-electron chi connectivity index (χ2n) is 3.69. The van der Waals surface area contributed by atoms with E-state index in [1.54, 1.807) is 12.1 Å². The van der Waals surface area contributed by atoms with Crippen LogP contribution in [0, 0.1) is 22.7 Å². The second-order valence-corrected chi connectivity index (χ2v) is 5.18. The molecule has 0 spiro atoms. The number of halogens is 1. The highest BCUT2D eigenvalue weighted by molar-refractivity contribution is 7.99. The molecular weight excluding hydrogens is 278 g/mol. The van der Waals surface area contributed by atoms with Gasteiger partial charge in [-0.05, 0) is 24.3 Å². The van der Waals surface area contributed by atoms with Crippen molar-refractivity contribution in [3.63, 3.8) is 0 Å². The standard InChI is InChI=1S/C14H8ClN3S/c15-11-5-9(7-16)10(8-17)6-14(11)19-13-4-2-1-3-12(13)18/h1-6H,18H2. The van der Waals surface area contributed by atoms with Gasteiger partial charge in [0.15, 0.2) is 0 Å². The van der Waals surface area contributed by atoms with E-state index in [0.29, 0.717) is 21.2 Å². The summed E-state index contributed by atoms with van der Waals surface area (Å²) < 4.78 is 0. The summed E-state index contributed by atoms with van der Waals surface area (Å²) in [6.07, 6.45) is 0. The predicted octanol–water partition coefficient (Wildman–Crippen LogP) is 3.82. The molecule has 0 aliphatic carbocycles. The van der Waals surface area contributed by atoms with Crippen LogP contribution in [0.15, 0.2) is 46.2 Å². The molecular formula is C14H8ClN3S. The topological polar surface area (TPSA) is 73.6 Å². The van der Waals surface area contributed by atoms with Gasteiger partial charge < -0.3 is 5.73 Å². The molecule has 0 amide bonds. The second kappa shape index (κ2) is 5.67. The summed E-state index contributed by atoms with van der Waals surface area (Å²) in [5.74, 6) is 0. The Bertz CT molecular complexity index is 714. The van der Waals surface area contributed by atoms with E-state index in [0.717, 1.165) is 4.90 Å². The van der Waals surface area contributed by atoms with Crippen molar-refractivity contribution in [1.29, 1.82) is 10.5 Å². The van der Waals surface area contributed by atoms with E-state index in [-0.39, 0.29) is 5.56 Å². The van der Waals surface area contributed by atoms with Gasteiger partial charge in [-0.25, -0.2) is 0 Å². The molecule has 5 heteroatoms. The van der Waals surface area contributed by atoms with Crippen LogP contribution in [0.25, 0.3) is 0 Å². The van der Waals surface area contributed by atoms with E-state index in [1.165, 1.54) is 17.8 Å². The fraction of sp³-hybridized carbons (Fsp3) is 0. The van der Waals surface area contributed by atoms with Crippen molar-refractivity contribution in [2.45, 2.75) is 9.79 Å². The van der Waals surface area contributed by atoms with E-state index in [9.17, 15) is 0 Å². The molecule has 19 heavy (non-hydrogen) atoms. The van der Waals surface area contributed by atoms with Gasteiger partial charge in [-0.1, -0.05) is 35.5 Å². The molecule has 2 aromatic rings. The summed E-state index contributed by atoms with van der Waals surface area (Å²) in [6, 6.07) is 14.4. The van der Waals surface area contributed by atoms with Crippen molar-refractivity contribution in [3.05, 3.63) is 52.5 Å². The normalized spacial score (nSPS) is 9.63. The van der Waals surface area contributed by atoms with Gasteiger partial charge in [-0.3, -0.25) is 0 Å². The lowest BCUT2D eigenvalue weighted by Crippen LogP contribution is -1.89. The largest absolute Gasteiger partial charge is 0.398 e. The maximum absolute atomic E-state index is 9.01. The molecule has 2 rings (SSSR count). The van der Waals surface area contributed by atoms with Crippen molar-refractivity contribution in [3.8, 4) is 12.1 Å². The van der Waals surface area contributed by atoms with Gasteiger partial charge in [0.25, 0.3) is 0 Å². The van der Waals surface area contributed by atoms with Crippen LogP contribution in [-0.2, 0) is 0 Å². The lowest BCUT2D eigenvalue weighted by Gasteiger charge is -2.07. The van der Waals surface area contributed by atoms with Gasteiger partial charge in [0.1, 0.15) is 12.1 Å². The van der Waals surface area contributed by atoms with E-state index in [1.807, 2.05) is 30.3 Å². The zero-order chi connectivity index (χ0) is 13.8. The Morgan fingerprint density at radius 3 is 2.26 bits per heavy atom. The first-order chi connectivity index (χ1) is 9.15. The minimum Gasteiger partial charge on any atom is -0.398 e. The van der Waals surface area contributed by atoms with Crippen LogP contribution in [0.1, 0.15) is 11.1 Å². The van der Waals surface area contributed by atoms with Crippen molar-refractivity contribution in [2.24, 2.45) is 0 Å². The van der Waals surface area contributed by atoms with Crippen LogP contribution in [0.4, 0.5) is 5.69 Å². The van der Waals surface area contributed by atoms with Crippen LogP contribution < -0.4 is 5.73 Å². The van der Waals surface area contributed by atoms with Crippen LogP contribution in [0.5, 0.6) is 0 Å². The monoisotopic (exact) mass is 285 g/mol. The molecule has 2 N–H and O–H groups in total. The minimum atomic E-state index is 0.276. The van der Waals surface area contributed by atoms with Gasteiger partial charge >= 0.3 is 0 Å². The molecule has 0 saturated heterocycles. The maximum atomic E-state index is 9.01. The number of nitrogen functional groups attached to an aromatic ring is 1. The summed E-state index contributed by atoms with van der Waals surface area (Å²) in [4.78, 5) is 1.56. The molecule has 0 fully saturated rings. The van der Waals surface area contributed by atoms with Crippen molar-refractivity contribution < 1.29 is 0 Å². The number of hydrogen-bond acceptors (Lipinski definition) is 4. The van der Waals surface area contributed by atoms with Gasteiger partial charge in [0, 0.05) is 15.5 Å². The lowest BCUT2D eigenvalue weighted by molar-refractivity contribution is 1.35. The van der Waals surface area contributed by atoms with E-state index in [4.69, 9.17) is 27.9 Å². The van der Waals surface area contributed by atoms with Crippen LogP contribution in [-0.4, -0.2) is 0 Å². The average molecular weight is 286 g/mol. The first kappa shape index (κ1) is 13.3. The quantitative estimate of drug-likeness (QED) is 0.851. The van der Waals surface area contributed by atoms with Crippen LogP contribution >= 0.6 is 23.4 Å². The number of para-hydroxylation sites is 1. The Hall–Kier alpha value is -2.14. The smallest absolute Gasteiger partial charge is 0.101 e. The Kier molecular flexibility index (Phi) is 3.97.